The van der Waals surface area contributed by atoms with Crippen LogP contribution in [0.15, 0.2) is 30.3 Å². The molecule has 0 aliphatic heterocycles. The molecular weight excluding hydrogens is 234 g/mol. The second-order valence-corrected chi connectivity index (χ2v) is 4.65. The monoisotopic (exact) mass is 257 g/mol. The zero-order valence-electron chi connectivity index (χ0n) is 11.0. The molecule has 0 amide bonds. The fourth-order valence-electron chi connectivity index (χ4n) is 1.27. The lowest BCUT2D eigenvalue weighted by molar-refractivity contribution is 0.251. The summed E-state index contributed by atoms with van der Waals surface area (Å²) in [6.45, 7) is 7.44. The fraction of sp³-hybridized carbons (Fsp3) is 0.571. The van der Waals surface area contributed by atoms with E-state index in [0.29, 0.717) is 6.54 Å². The normalized spacial score (nSPS) is 10.6. The Balaban J connectivity index is 0.000000318. The highest BCUT2D eigenvalue weighted by Gasteiger charge is 2.16. The smallest absolute Gasteiger partial charge is 0.0556 e. The van der Waals surface area contributed by atoms with Crippen LogP contribution in [0, 0.1) is 0 Å². The van der Waals surface area contributed by atoms with Gasteiger partial charge in [0.2, 0.25) is 0 Å². The molecule has 0 heterocycles. The van der Waals surface area contributed by atoms with Crippen LogP contribution in [-0.2, 0) is 0 Å². The molecule has 2 N–H and O–H groups in total. The Morgan fingerprint density at radius 2 is 1.71 bits per heavy atom. The van der Waals surface area contributed by atoms with Crippen molar-refractivity contribution in [3.05, 3.63) is 35.4 Å². The Hall–Kier alpha value is -0.570. The summed E-state index contributed by atoms with van der Waals surface area (Å²) in [6, 6.07) is 9.44. The molecule has 1 rings (SSSR count). The number of benzene rings is 1. The number of hydrogen-bond acceptors (Lipinski definition) is 2. The third-order valence-corrected chi connectivity index (χ3v) is 3.21. The van der Waals surface area contributed by atoms with E-state index in [1.54, 1.807) is 0 Å². The number of halogens is 1. The average Bonchev–Trinajstić information content (AvgIpc) is 2.38. The van der Waals surface area contributed by atoms with Gasteiger partial charge in [-0.05, 0) is 31.9 Å². The average molecular weight is 258 g/mol. The summed E-state index contributed by atoms with van der Waals surface area (Å²) in [5.41, 5.74) is 0.225. The molecule has 17 heavy (non-hydrogen) atoms. The van der Waals surface area contributed by atoms with E-state index < -0.39 is 0 Å². The summed E-state index contributed by atoms with van der Waals surface area (Å²) in [4.78, 5) is 0. The van der Waals surface area contributed by atoms with Gasteiger partial charge in [0.05, 0.1) is 6.61 Å². The molecule has 0 fully saturated rings. The van der Waals surface area contributed by atoms with Crippen LogP contribution in [0.4, 0.5) is 0 Å². The van der Waals surface area contributed by atoms with Gasteiger partial charge in [0.15, 0.2) is 0 Å². The number of nitrogens with one attached hydrogen (secondary N) is 1. The lowest BCUT2D eigenvalue weighted by atomic mass is 9.96. The van der Waals surface area contributed by atoms with Gasteiger partial charge in [-0.25, -0.2) is 0 Å². The highest BCUT2D eigenvalue weighted by Crippen LogP contribution is 2.12. The van der Waals surface area contributed by atoms with E-state index in [0.717, 1.165) is 17.9 Å². The lowest BCUT2D eigenvalue weighted by Crippen LogP contribution is -2.42. The molecule has 1 aromatic rings. The molecule has 0 saturated heterocycles. The minimum absolute atomic E-state index is 0.225. The topological polar surface area (TPSA) is 32.3 Å². The van der Waals surface area contributed by atoms with Crippen LogP contribution in [0.25, 0.3) is 0 Å². The molecule has 1 aromatic carbocycles. The molecule has 0 spiro atoms. The molecular formula is C14H24ClNO. The molecule has 3 heteroatoms. The molecule has 0 radical (unpaired) electrons. The Morgan fingerprint density at radius 1 is 1.18 bits per heavy atom. The van der Waals surface area contributed by atoms with Crippen LogP contribution in [0.2, 0.25) is 5.02 Å². The number of rotatable bonds is 5. The van der Waals surface area contributed by atoms with Gasteiger partial charge in [-0.1, -0.05) is 43.6 Å². The van der Waals surface area contributed by atoms with Crippen molar-refractivity contribution in [2.75, 3.05) is 13.2 Å². The van der Waals surface area contributed by atoms with Crippen molar-refractivity contribution >= 4 is 11.6 Å². The maximum absolute atomic E-state index is 8.56. The number of hydrogen-bond donors (Lipinski definition) is 2. The van der Waals surface area contributed by atoms with Crippen LogP contribution >= 0.6 is 11.6 Å². The fourth-order valence-corrected chi connectivity index (χ4v) is 1.42. The van der Waals surface area contributed by atoms with Gasteiger partial charge in [-0.15, -0.1) is 0 Å². The molecule has 0 unspecified atom stereocenters. The molecule has 0 saturated carbocycles. The van der Waals surface area contributed by atoms with Crippen LogP contribution in [0.1, 0.15) is 33.6 Å². The summed E-state index contributed by atoms with van der Waals surface area (Å²) in [7, 11) is 0. The first-order valence-electron chi connectivity index (χ1n) is 6.14. The first-order chi connectivity index (χ1) is 8.08. The van der Waals surface area contributed by atoms with E-state index in [4.69, 9.17) is 16.7 Å². The Bertz CT molecular complexity index is 273. The Labute approximate surface area is 110 Å². The minimum atomic E-state index is 0.225. The van der Waals surface area contributed by atoms with E-state index in [-0.39, 0.29) is 12.1 Å². The van der Waals surface area contributed by atoms with Gasteiger partial charge in [-0.2, -0.15) is 0 Å². The summed E-state index contributed by atoms with van der Waals surface area (Å²) < 4.78 is 0. The minimum Gasteiger partial charge on any atom is -0.395 e. The second kappa shape index (κ2) is 9.46. The van der Waals surface area contributed by atoms with Gasteiger partial charge in [-0.3, -0.25) is 0 Å². The van der Waals surface area contributed by atoms with Gasteiger partial charge in [0.25, 0.3) is 0 Å². The maximum Gasteiger partial charge on any atom is 0.0556 e. The molecule has 0 aliphatic carbocycles. The predicted molar refractivity (Wildman–Crippen MR) is 75.5 cm³/mol. The van der Waals surface area contributed by atoms with Crippen LogP contribution in [0.3, 0.4) is 0 Å². The Kier molecular flexibility index (Phi) is 9.14. The molecule has 0 bridgehead atoms. The van der Waals surface area contributed by atoms with Crippen molar-refractivity contribution in [2.45, 2.75) is 39.2 Å². The number of β-amino-alcohol motifs (C(OH)–C–C–N with tert-alkyl or cyclic N) is 1. The number of aliphatic hydroxyl groups excluding tert-OH is 1. The van der Waals surface area contributed by atoms with Gasteiger partial charge < -0.3 is 10.4 Å². The summed E-state index contributed by atoms with van der Waals surface area (Å²) in [6.07, 6.45) is 2.23. The first kappa shape index (κ1) is 16.4. The SMILES string of the molecule is CCC(C)(CC)NCCO.Clc1ccccc1. The maximum atomic E-state index is 8.56. The largest absolute Gasteiger partial charge is 0.395 e. The highest BCUT2D eigenvalue weighted by molar-refractivity contribution is 6.30. The van der Waals surface area contributed by atoms with Crippen molar-refractivity contribution in [3.8, 4) is 0 Å². The number of aliphatic hydroxyl groups is 1. The van der Waals surface area contributed by atoms with E-state index >= 15 is 0 Å². The second-order valence-electron chi connectivity index (χ2n) is 4.21. The zero-order valence-corrected chi connectivity index (χ0v) is 11.8. The van der Waals surface area contributed by atoms with Gasteiger partial charge >= 0.3 is 0 Å². The third-order valence-electron chi connectivity index (χ3n) is 2.96. The summed E-state index contributed by atoms with van der Waals surface area (Å²) in [5.74, 6) is 0. The molecule has 98 valence electrons. The van der Waals surface area contributed by atoms with E-state index in [1.165, 1.54) is 0 Å². The van der Waals surface area contributed by atoms with Crippen molar-refractivity contribution in [3.63, 3.8) is 0 Å². The Morgan fingerprint density at radius 3 is 2.00 bits per heavy atom. The van der Waals surface area contributed by atoms with E-state index in [1.807, 2.05) is 30.3 Å². The summed E-state index contributed by atoms with van der Waals surface area (Å²) in [5, 5.41) is 12.6. The van der Waals surface area contributed by atoms with Crippen molar-refractivity contribution in [1.82, 2.24) is 5.32 Å². The van der Waals surface area contributed by atoms with E-state index in [9.17, 15) is 0 Å². The molecule has 2 nitrogen and oxygen atoms in total. The quantitative estimate of drug-likeness (QED) is 0.846. The van der Waals surface area contributed by atoms with Crippen LogP contribution < -0.4 is 5.32 Å². The van der Waals surface area contributed by atoms with Crippen LogP contribution in [-0.4, -0.2) is 23.8 Å². The standard InChI is InChI=1S/C8H19NO.C6H5Cl/c1-4-8(3,5-2)9-6-7-10;7-6-4-2-1-3-5-6/h9-10H,4-7H2,1-3H3;1-5H. The third kappa shape index (κ3) is 8.19. The van der Waals surface area contributed by atoms with Crippen molar-refractivity contribution in [2.24, 2.45) is 0 Å². The van der Waals surface area contributed by atoms with Gasteiger partial charge in [0, 0.05) is 17.1 Å². The first-order valence-corrected chi connectivity index (χ1v) is 6.52. The van der Waals surface area contributed by atoms with E-state index in [2.05, 4.69) is 26.1 Å². The molecule has 0 aliphatic rings. The van der Waals surface area contributed by atoms with Crippen molar-refractivity contribution < 1.29 is 5.11 Å². The lowest BCUT2D eigenvalue weighted by Gasteiger charge is -2.27. The predicted octanol–water partition coefficient (Wildman–Crippen LogP) is 3.49. The molecule has 0 atom stereocenters. The van der Waals surface area contributed by atoms with Crippen molar-refractivity contribution in [1.29, 1.82) is 0 Å². The summed E-state index contributed by atoms with van der Waals surface area (Å²) >= 11 is 5.54. The van der Waals surface area contributed by atoms with Gasteiger partial charge in [0.1, 0.15) is 0 Å². The molecule has 0 aromatic heterocycles. The highest BCUT2D eigenvalue weighted by atomic mass is 35.5. The zero-order chi connectivity index (χ0) is 13.1. The van der Waals surface area contributed by atoms with Crippen LogP contribution in [0.5, 0.6) is 0 Å².